The average Bonchev–Trinajstić information content (AvgIpc) is 2.87. The molecular formula is C11H12FN5O3S. The van der Waals surface area contributed by atoms with Gasteiger partial charge in [-0.15, -0.1) is 0 Å². The van der Waals surface area contributed by atoms with Crippen molar-refractivity contribution in [1.82, 2.24) is 10.2 Å². The molecule has 1 heterocycles. The number of halogens is 1. The van der Waals surface area contributed by atoms with Gasteiger partial charge >= 0.3 is 0 Å². The van der Waals surface area contributed by atoms with Crippen LogP contribution in [0.5, 0.6) is 0 Å². The SMILES string of the molecule is Cc1[nH]ncc1S(=O)(=O)Nc1ccc(/C(N)=N/O)cc1F. The van der Waals surface area contributed by atoms with Crippen molar-refractivity contribution in [3.8, 4) is 0 Å². The average molecular weight is 313 g/mol. The van der Waals surface area contributed by atoms with Gasteiger partial charge in [0.1, 0.15) is 10.7 Å². The van der Waals surface area contributed by atoms with E-state index in [0.717, 1.165) is 12.3 Å². The number of oxime groups is 1. The Kier molecular flexibility index (Phi) is 3.80. The molecule has 0 aliphatic rings. The minimum atomic E-state index is -3.96. The van der Waals surface area contributed by atoms with E-state index in [1.54, 1.807) is 0 Å². The van der Waals surface area contributed by atoms with Gasteiger partial charge in [0, 0.05) is 5.56 Å². The number of hydrogen-bond acceptors (Lipinski definition) is 5. The summed E-state index contributed by atoms with van der Waals surface area (Å²) in [7, 11) is -3.96. The van der Waals surface area contributed by atoms with Gasteiger partial charge in [-0.2, -0.15) is 5.10 Å². The van der Waals surface area contributed by atoms with E-state index in [1.165, 1.54) is 19.1 Å². The number of aryl methyl sites for hydroxylation is 1. The molecule has 0 aliphatic carbocycles. The number of H-pyrrole nitrogens is 1. The molecule has 1 aromatic heterocycles. The summed E-state index contributed by atoms with van der Waals surface area (Å²) in [6, 6.07) is 3.45. The zero-order valence-electron chi connectivity index (χ0n) is 10.8. The third kappa shape index (κ3) is 2.94. The zero-order chi connectivity index (χ0) is 15.6. The zero-order valence-corrected chi connectivity index (χ0v) is 11.6. The largest absolute Gasteiger partial charge is 0.409 e. The first-order valence-electron chi connectivity index (χ1n) is 5.65. The number of nitrogens with one attached hydrogen (secondary N) is 2. The lowest BCUT2D eigenvalue weighted by molar-refractivity contribution is 0.318. The first-order valence-corrected chi connectivity index (χ1v) is 7.13. The van der Waals surface area contributed by atoms with Gasteiger partial charge in [-0.3, -0.25) is 9.82 Å². The summed E-state index contributed by atoms with van der Waals surface area (Å²) in [5, 5.41) is 17.3. The molecule has 0 unspecified atom stereocenters. The van der Waals surface area contributed by atoms with E-state index in [0.29, 0.717) is 5.69 Å². The second kappa shape index (κ2) is 5.40. The number of aromatic nitrogens is 2. The van der Waals surface area contributed by atoms with Crippen LogP contribution in [-0.2, 0) is 10.0 Å². The Labute approximate surface area is 119 Å². The Bertz CT molecular complexity index is 800. The first-order chi connectivity index (χ1) is 9.85. The number of rotatable bonds is 4. The van der Waals surface area contributed by atoms with Crippen LogP contribution in [0.25, 0.3) is 0 Å². The lowest BCUT2D eigenvalue weighted by Gasteiger charge is -2.09. The number of nitrogens with zero attached hydrogens (tertiary/aromatic N) is 2. The molecule has 2 rings (SSSR count). The van der Waals surface area contributed by atoms with Crippen LogP contribution in [0, 0.1) is 12.7 Å². The number of aromatic amines is 1. The number of hydrogen-bond donors (Lipinski definition) is 4. The highest BCUT2D eigenvalue weighted by molar-refractivity contribution is 7.92. The summed E-state index contributed by atoms with van der Waals surface area (Å²) >= 11 is 0. The van der Waals surface area contributed by atoms with Crippen LogP contribution < -0.4 is 10.5 Å². The molecule has 8 nitrogen and oxygen atoms in total. The molecule has 112 valence electrons. The van der Waals surface area contributed by atoms with Crippen LogP contribution in [0.3, 0.4) is 0 Å². The molecule has 2 aromatic rings. The van der Waals surface area contributed by atoms with Crippen LogP contribution in [-0.4, -0.2) is 29.7 Å². The Morgan fingerprint density at radius 3 is 2.76 bits per heavy atom. The minimum absolute atomic E-state index is 0.0811. The number of sulfonamides is 1. The molecule has 0 atom stereocenters. The van der Waals surface area contributed by atoms with Gasteiger partial charge in [-0.1, -0.05) is 5.16 Å². The number of anilines is 1. The standard InChI is InChI=1S/C11H12FN5O3S/c1-6-10(5-14-15-6)21(19,20)17-9-3-2-7(4-8(9)12)11(13)16-18/h2-5,17-18H,1H3,(H2,13,16)(H,14,15). The molecule has 0 fully saturated rings. The number of benzene rings is 1. The smallest absolute Gasteiger partial charge is 0.265 e. The summed E-state index contributed by atoms with van der Waals surface area (Å²) in [5.74, 6) is -1.14. The topological polar surface area (TPSA) is 133 Å². The third-order valence-corrected chi connectivity index (χ3v) is 4.17. The Morgan fingerprint density at radius 1 is 1.52 bits per heavy atom. The van der Waals surface area contributed by atoms with Crippen LogP contribution in [0.4, 0.5) is 10.1 Å². The molecule has 0 aliphatic heterocycles. The monoisotopic (exact) mass is 313 g/mol. The molecule has 0 saturated carbocycles. The first kappa shape index (κ1) is 14.8. The van der Waals surface area contributed by atoms with Gasteiger partial charge in [0.15, 0.2) is 5.84 Å². The van der Waals surface area contributed by atoms with E-state index >= 15 is 0 Å². The van der Waals surface area contributed by atoms with E-state index in [-0.39, 0.29) is 22.0 Å². The summed E-state index contributed by atoms with van der Waals surface area (Å²) in [4.78, 5) is -0.0811. The molecule has 0 saturated heterocycles. The fraction of sp³-hybridized carbons (Fsp3) is 0.0909. The Balaban J connectivity index is 2.35. The maximum absolute atomic E-state index is 13.9. The maximum atomic E-state index is 13.9. The van der Waals surface area contributed by atoms with Crippen LogP contribution in [0.2, 0.25) is 0 Å². The van der Waals surface area contributed by atoms with Crippen molar-refractivity contribution < 1.29 is 18.0 Å². The summed E-state index contributed by atoms with van der Waals surface area (Å²) in [6.45, 7) is 1.53. The second-order valence-corrected chi connectivity index (χ2v) is 5.80. The van der Waals surface area contributed by atoms with Crippen molar-refractivity contribution in [3.63, 3.8) is 0 Å². The predicted molar refractivity (Wildman–Crippen MR) is 73.0 cm³/mol. The molecule has 5 N–H and O–H groups in total. The highest BCUT2D eigenvalue weighted by Crippen LogP contribution is 2.21. The third-order valence-electron chi connectivity index (χ3n) is 2.69. The predicted octanol–water partition coefficient (Wildman–Crippen LogP) is 0.753. The molecule has 1 aromatic carbocycles. The van der Waals surface area contributed by atoms with Gasteiger partial charge in [0.25, 0.3) is 10.0 Å². The van der Waals surface area contributed by atoms with Gasteiger partial charge < -0.3 is 10.9 Å². The highest BCUT2D eigenvalue weighted by atomic mass is 32.2. The van der Waals surface area contributed by atoms with Gasteiger partial charge in [0.2, 0.25) is 0 Å². The molecular weight excluding hydrogens is 301 g/mol. The van der Waals surface area contributed by atoms with E-state index in [1.807, 2.05) is 0 Å². The number of nitrogens with two attached hydrogens (primary N) is 1. The molecule has 0 amide bonds. The molecule has 10 heteroatoms. The Hall–Kier alpha value is -2.62. The van der Waals surface area contributed by atoms with Crippen LogP contribution in [0.1, 0.15) is 11.3 Å². The maximum Gasteiger partial charge on any atom is 0.265 e. The summed E-state index contributed by atoms with van der Waals surface area (Å²) < 4.78 is 40.2. The van der Waals surface area contributed by atoms with Crippen molar-refractivity contribution in [1.29, 1.82) is 0 Å². The molecule has 0 bridgehead atoms. The van der Waals surface area contributed by atoms with Gasteiger partial charge in [-0.05, 0) is 25.1 Å². The van der Waals surface area contributed by atoms with Crippen LogP contribution >= 0.6 is 0 Å². The Morgan fingerprint density at radius 2 is 2.24 bits per heavy atom. The minimum Gasteiger partial charge on any atom is -0.409 e. The van der Waals surface area contributed by atoms with E-state index in [2.05, 4.69) is 20.1 Å². The van der Waals surface area contributed by atoms with E-state index in [4.69, 9.17) is 10.9 Å². The molecule has 0 spiro atoms. The van der Waals surface area contributed by atoms with E-state index < -0.39 is 15.8 Å². The van der Waals surface area contributed by atoms with E-state index in [9.17, 15) is 12.8 Å². The fourth-order valence-corrected chi connectivity index (χ4v) is 2.83. The van der Waals surface area contributed by atoms with Crippen molar-refractivity contribution >= 4 is 21.5 Å². The van der Waals surface area contributed by atoms with Gasteiger partial charge in [-0.25, -0.2) is 12.8 Å². The lowest BCUT2D eigenvalue weighted by atomic mass is 10.2. The molecule has 0 radical (unpaired) electrons. The number of amidine groups is 1. The second-order valence-electron chi connectivity index (χ2n) is 4.14. The summed E-state index contributed by atoms with van der Waals surface area (Å²) in [5.41, 5.74) is 5.51. The van der Waals surface area contributed by atoms with Gasteiger partial charge in [0.05, 0.1) is 17.6 Å². The summed E-state index contributed by atoms with van der Waals surface area (Å²) in [6.07, 6.45) is 1.13. The normalized spacial score (nSPS) is 12.4. The van der Waals surface area contributed by atoms with Crippen molar-refractivity contribution in [3.05, 3.63) is 41.5 Å². The van der Waals surface area contributed by atoms with Crippen LogP contribution in [0.15, 0.2) is 34.4 Å². The lowest BCUT2D eigenvalue weighted by Crippen LogP contribution is -2.16. The molecule has 21 heavy (non-hydrogen) atoms. The van der Waals surface area contributed by atoms with Crippen molar-refractivity contribution in [2.45, 2.75) is 11.8 Å². The quantitative estimate of drug-likeness (QED) is 0.286. The fourth-order valence-electron chi connectivity index (χ4n) is 1.63. The van der Waals surface area contributed by atoms with Crippen molar-refractivity contribution in [2.24, 2.45) is 10.9 Å². The highest BCUT2D eigenvalue weighted by Gasteiger charge is 2.20. The van der Waals surface area contributed by atoms with Crippen molar-refractivity contribution in [2.75, 3.05) is 4.72 Å².